The number of hydrogen-bond donors (Lipinski definition) is 1. The highest BCUT2D eigenvalue weighted by atomic mass is 16.2. The molecule has 1 atom stereocenters. The molecule has 0 aromatic heterocycles. The third kappa shape index (κ3) is 3.53. The van der Waals surface area contributed by atoms with Crippen LogP contribution in [0.15, 0.2) is 24.3 Å². The van der Waals surface area contributed by atoms with Crippen LogP contribution in [-0.2, 0) is 4.79 Å². The standard InChI is InChI=1S/C16H22N4O/c1-19(10-4-8-17)16(21)12-20-11-13(7-9-18)14-5-2-3-6-15(14)20/h2-3,5-6,13H,4,7,9-12,18H2,1H3. The van der Waals surface area contributed by atoms with E-state index >= 15 is 0 Å². The number of rotatable bonds is 6. The van der Waals surface area contributed by atoms with E-state index in [1.54, 1.807) is 11.9 Å². The molecule has 0 saturated heterocycles. The van der Waals surface area contributed by atoms with Gasteiger partial charge in [-0.3, -0.25) is 4.79 Å². The van der Waals surface area contributed by atoms with Gasteiger partial charge in [-0.2, -0.15) is 5.26 Å². The number of benzene rings is 1. The molecule has 0 spiro atoms. The minimum Gasteiger partial charge on any atom is -0.361 e. The molecule has 1 heterocycles. The monoisotopic (exact) mass is 286 g/mol. The smallest absolute Gasteiger partial charge is 0.241 e. The Bertz CT molecular complexity index is 537. The molecule has 2 N–H and O–H groups in total. The Morgan fingerprint density at radius 3 is 3.00 bits per heavy atom. The molecular weight excluding hydrogens is 264 g/mol. The summed E-state index contributed by atoms with van der Waals surface area (Å²) in [5, 5.41) is 8.59. The summed E-state index contributed by atoms with van der Waals surface area (Å²) in [6.07, 6.45) is 1.31. The van der Waals surface area contributed by atoms with Gasteiger partial charge in [0.15, 0.2) is 0 Å². The van der Waals surface area contributed by atoms with Crippen molar-refractivity contribution in [2.75, 3.05) is 38.1 Å². The summed E-state index contributed by atoms with van der Waals surface area (Å²) < 4.78 is 0. The van der Waals surface area contributed by atoms with E-state index in [4.69, 9.17) is 11.0 Å². The number of fused-ring (bicyclic) bond motifs is 1. The van der Waals surface area contributed by atoms with Gasteiger partial charge in [-0.25, -0.2) is 0 Å². The maximum absolute atomic E-state index is 12.2. The molecule has 1 aliphatic rings. The second-order valence-corrected chi connectivity index (χ2v) is 5.44. The fourth-order valence-corrected chi connectivity index (χ4v) is 2.81. The van der Waals surface area contributed by atoms with Crippen LogP contribution in [0.4, 0.5) is 5.69 Å². The molecule has 0 saturated carbocycles. The van der Waals surface area contributed by atoms with Crippen LogP contribution in [0, 0.1) is 11.3 Å². The van der Waals surface area contributed by atoms with Gasteiger partial charge in [0.2, 0.25) is 5.91 Å². The van der Waals surface area contributed by atoms with Crippen LogP contribution in [0.3, 0.4) is 0 Å². The molecule has 1 amide bonds. The van der Waals surface area contributed by atoms with Gasteiger partial charge >= 0.3 is 0 Å². The minimum atomic E-state index is 0.0495. The highest BCUT2D eigenvalue weighted by Gasteiger charge is 2.29. The van der Waals surface area contributed by atoms with E-state index in [2.05, 4.69) is 23.1 Å². The predicted octanol–water partition coefficient (Wildman–Crippen LogP) is 1.31. The average Bonchev–Trinajstić information content (AvgIpc) is 2.83. The van der Waals surface area contributed by atoms with Crippen molar-refractivity contribution in [1.82, 2.24) is 4.90 Å². The van der Waals surface area contributed by atoms with E-state index in [9.17, 15) is 4.79 Å². The molecule has 21 heavy (non-hydrogen) atoms. The summed E-state index contributed by atoms with van der Waals surface area (Å²) in [4.78, 5) is 16.0. The van der Waals surface area contributed by atoms with Gasteiger partial charge in [0.1, 0.15) is 0 Å². The first-order chi connectivity index (χ1) is 10.2. The quantitative estimate of drug-likeness (QED) is 0.855. The maximum Gasteiger partial charge on any atom is 0.241 e. The SMILES string of the molecule is CN(CCC#N)C(=O)CN1CC(CCN)c2ccccc21. The van der Waals surface area contributed by atoms with Crippen molar-refractivity contribution < 1.29 is 4.79 Å². The average molecular weight is 286 g/mol. The summed E-state index contributed by atoms with van der Waals surface area (Å²) in [6, 6.07) is 10.3. The van der Waals surface area contributed by atoms with E-state index in [1.165, 1.54) is 5.56 Å². The molecular formula is C16H22N4O. The Labute approximate surface area is 125 Å². The Hall–Kier alpha value is -2.06. The number of amides is 1. The lowest BCUT2D eigenvalue weighted by molar-refractivity contribution is -0.128. The lowest BCUT2D eigenvalue weighted by atomic mass is 9.98. The Kier molecular flexibility index (Phi) is 5.18. The van der Waals surface area contributed by atoms with Crippen LogP contribution < -0.4 is 10.6 Å². The second kappa shape index (κ2) is 7.09. The molecule has 1 aromatic carbocycles. The molecule has 2 rings (SSSR count). The highest BCUT2D eigenvalue weighted by Crippen LogP contribution is 2.37. The number of para-hydroxylation sites is 1. The topological polar surface area (TPSA) is 73.4 Å². The normalized spacial score (nSPS) is 16.4. The van der Waals surface area contributed by atoms with E-state index < -0.39 is 0 Å². The number of hydrogen-bond acceptors (Lipinski definition) is 4. The van der Waals surface area contributed by atoms with Crippen LogP contribution >= 0.6 is 0 Å². The van der Waals surface area contributed by atoms with Crippen molar-refractivity contribution in [3.05, 3.63) is 29.8 Å². The number of anilines is 1. The molecule has 5 heteroatoms. The second-order valence-electron chi connectivity index (χ2n) is 5.44. The fourth-order valence-electron chi connectivity index (χ4n) is 2.81. The van der Waals surface area contributed by atoms with Crippen LogP contribution in [0.1, 0.15) is 24.3 Å². The van der Waals surface area contributed by atoms with Gasteiger partial charge in [0, 0.05) is 31.7 Å². The fraction of sp³-hybridized carbons (Fsp3) is 0.500. The van der Waals surface area contributed by atoms with Crippen molar-refractivity contribution in [2.24, 2.45) is 5.73 Å². The number of nitrogens with two attached hydrogens (primary N) is 1. The Morgan fingerprint density at radius 1 is 1.52 bits per heavy atom. The first-order valence-electron chi connectivity index (χ1n) is 7.32. The Balaban J connectivity index is 2.05. The third-order valence-corrected chi connectivity index (χ3v) is 3.98. The van der Waals surface area contributed by atoms with E-state index in [0.29, 0.717) is 32.0 Å². The summed E-state index contributed by atoms with van der Waals surface area (Å²) in [7, 11) is 1.75. The summed E-state index contributed by atoms with van der Waals surface area (Å²) >= 11 is 0. The Morgan fingerprint density at radius 2 is 2.29 bits per heavy atom. The number of carbonyl (C=O) groups is 1. The van der Waals surface area contributed by atoms with Crippen LogP contribution in [-0.4, -0.2) is 44.0 Å². The highest BCUT2D eigenvalue weighted by molar-refractivity contribution is 5.82. The third-order valence-electron chi connectivity index (χ3n) is 3.98. The first kappa shape index (κ1) is 15.3. The van der Waals surface area contributed by atoms with Crippen molar-refractivity contribution in [1.29, 1.82) is 5.26 Å². The molecule has 0 fully saturated rings. The number of nitrogens with zero attached hydrogens (tertiary/aromatic N) is 3. The summed E-state index contributed by atoms with van der Waals surface area (Å²) in [5.74, 6) is 0.455. The molecule has 1 unspecified atom stereocenters. The maximum atomic E-state index is 12.2. The zero-order valence-corrected chi connectivity index (χ0v) is 12.5. The van der Waals surface area contributed by atoms with Crippen molar-refractivity contribution in [3.8, 4) is 6.07 Å². The predicted molar refractivity (Wildman–Crippen MR) is 82.9 cm³/mol. The zero-order chi connectivity index (χ0) is 15.2. The lowest BCUT2D eigenvalue weighted by Gasteiger charge is -2.23. The first-order valence-corrected chi connectivity index (χ1v) is 7.32. The summed E-state index contributed by atoms with van der Waals surface area (Å²) in [5.41, 5.74) is 8.12. The molecule has 1 aromatic rings. The van der Waals surface area contributed by atoms with E-state index in [0.717, 1.165) is 18.7 Å². The van der Waals surface area contributed by atoms with Gasteiger partial charge in [-0.05, 0) is 24.6 Å². The molecule has 1 aliphatic heterocycles. The van der Waals surface area contributed by atoms with Crippen LogP contribution in [0.2, 0.25) is 0 Å². The molecule has 0 bridgehead atoms. The van der Waals surface area contributed by atoms with Gasteiger partial charge in [-0.15, -0.1) is 0 Å². The van der Waals surface area contributed by atoms with Gasteiger partial charge < -0.3 is 15.5 Å². The van der Waals surface area contributed by atoms with Crippen molar-refractivity contribution in [3.63, 3.8) is 0 Å². The van der Waals surface area contributed by atoms with Crippen molar-refractivity contribution >= 4 is 11.6 Å². The number of likely N-dealkylation sites (N-methyl/N-ethyl adjacent to an activating group) is 1. The van der Waals surface area contributed by atoms with Crippen LogP contribution in [0.5, 0.6) is 0 Å². The number of carbonyl (C=O) groups excluding carboxylic acids is 1. The van der Waals surface area contributed by atoms with Crippen molar-refractivity contribution in [2.45, 2.75) is 18.8 Å². The van der Waals surface area contributed by atoms with Crippen LogP contribution in [0.25, 0.3) is 0 Å². The summed E-state index contributed by atoms with van der Waals surface area (Å²) in [6.45, 7) is 2.34. The largest absolute Gasteiger partial charge is 0.361 e. The zero-order valence-electron chi connectivity index (χ0n) is 12.5. The van der Waals surface area contributed by atoms with Gasteiger partial charge in [-0.1, -0.05) is 18.2 Å². The molecule has 5 nitrogen and oxygen atoms in total. The van der Waals surface area contributed by atoms with Gasteiger partial charge in [0.25, 0.3) is 0 Å². The molecule has 112 valence electrons. The van der Waals surface area contributed by atoms with E-state index in [-0.39, 0.29) is 5.91 Å². The minimum absolute atomic E-state index is 0.0495. The lowest BCUT2D eigenvalue weighted by Crippen LogP contribution is -2.38. The van der Waals surface area contributed by atoms with E-state index in [1.807, 2.05) is 12.1 Å². The molecule has 0 aliphatic carbocycles. The van der Waals surface area contributed by atoms with Gasteiger partial charge in [0.05, 0.1) is 19.0 Å². The molecule has 0 radical (unpaired) electrons. The number of nitriles is 1.